The molecule has 110 valence electrons. The largest absolute Gasteiger partial charge is 0.480 e. The molecule has 0 aliphatic heterocycles. The van der Waals surface area contributed by atoms with Gasteiger partial charge in [0, 0.05) is 25.8 Å². The van der Waals surface area contributed by atoms with Gasteiger partial charge in [-0.05, 0) is 12.7 Å². The summed E-state index contributed by atoms with van der Waals surface area (Å²) in [6.07, 6.45) is 1.87. The molecule has 1 atom stereocenters. The van der Waals surface area contributed by atoms with E-state index in [0.717, 1.165) is 5.75 Å². The highest BCUT2D eigenvalue weighted by Crippen LogP contribution is 2.01. The molecule has 0 saturated carbocycles. The van der Waals surface area contributed by atoms with Crippen LogP contribution in [0.1, 0.15) is 12.8 Å². The summed E-state index contributed by atoms with van der Waals surface area (Å²) in [6.45, 7) is 0.524. The molecule has 19 heavy (non-hydrogen) atoms. The molecule has 0 radical (unpaired) electrons. The summed E-state index contributed by atoms with van der Waals surface area (Å²) < 4.78 is 4.43. The summed E-state index contributed by atoms with van der Waals surface area (Å²) in [5.41, 5.74) is 0. The third-order valence-corrected chi connectivity index (χ3v) is 3.03. The molecule has 2 N–H and O–H groups in total. The maximum absolute atomic E-state index is 11.7. The summed E-state index contributed by atoms with van der Waals surface area (Å²) >= 11 is 1.59. The summed E-state index contributed by atoms with van der Waals surface area (Å²) in [5.74, 6) is -0.907. The lowest BCUT2D eigenvalue weighted by atomic mass is 10.1. The molecule has 0 fully saturated rings. The molecule has 0 unspecified atom stereocenters. The number of esters is 1. The number of amides is 2. The molecule has 2 amide bonds. The van der Waals surface area contributed by atoms with E-state index in [-0.39, 0.29) is 12.8 Å². The third kappa shape index (κ3) is 7.55. The average molecular weight is 292 g/mol. The summed E-state index contributed by atoms with van der Waals surface area (Å²) in [6, 6.07) is -1.56. The molecular formula is C11H20N2O5S. The number of ether oxygens (including phenoxy) is 1. The Labute approximate surface area is 116 Å². The van der Waals surface area contributed by atoms with E-state index in [1.165, 1.54) is 12.0 Å². The molecule has 0 bridgehead atoms. The lowest BCUT2D eigenvalue weighted by Crippen LogP contribution is -2.47. The molecule has 0 aromatic rings. The van der Waals surface area contributed by atoms with E-state index in [1.807, 2.05) is 6.26 Å². The number of aliphatic carboxylic acids is 1. The first-order valence-corrected chi connectivity index (χ1v) is 7.12. The second kappa shape index (κ2) is 9.48. The normalized spacial score (nSPS) is 11.5. The smallest absolute Gasteiger partial charge is 0.326 e. The van der Waals surface area contributed by atoms with Crippen molar-refractivity contribution in [2.24, 2.45) is 0 Å². The van der Waals surface area contributed by atoms with Gasteiger partial charge in [-0.3, -0.25) is 4.79 Å². The molecule has 0 aromatic heterocycles. The van der Waals surface area contributed by atoms with Crippen LogP contribution in [0.15, 0.2) is 0 Å². The van der Waals surface area contributed by atoms with Gasteiger partial charge < -0.3 is 20.1 Å². The number of urea groups is 1. The maximum atomic E-state index is 11.7. The minimum absolute atomic E-state index is 0.00408. The Kier molecular flexibility index (Phi) is 8.77. The number of thioether (sulfide) groups is 1. The summed E-state index contributed by atoms with van der Waals surface area (Å²) in [5, 5.41) is 11.4. The molecule has 0 aliphatic rings. The van der Waals surface area contributed by atoms with E-state index in [4.69, 9.17) is 5.11 Å². The van der Waals surface area contributed by atoms with Crippen LogP contribution in [-0.4, -0.2) is 66.7 Å². The van der Waals surface area contributed by atoms with Crippen molar-refractivity contribution < 1.29 is 24.2 Å². The van der Waals surface area contributed by atoms with Crippen molar-refractivity contribution >= 4 is 29.7 Å². The number of carbonyl (C=O) groups is 3. The van der Waals surface area contributed by atoms with Crippen LogP contribution in [0.2, 0.25) is 0 Å². The van der Waals surface area contributed by atoms with Crippen LogP contribution in [0.4, 0.5) is 4.79 Å². The first kappa shape index (κ1) is 17.6. The number of carbonyl (C=O) groups excluding carboxylic acids is 2. The van der Waals surface area contributed by atoms with Gasteiger partial charge in [-0.2, -0.15) is 11.8 Å². The van der Waals surface area contributed by atoms with E-state index >= 15 is 0 Å². The number of hydrogen-bond acceptors (Lipinski definition) is 5. The lowest BCUT2D eigenvalue weighted by Gasteiger charge is -2.20. The van der Waals surface area contributed by atoms with Gasteiger partial charge in [0.2, 0.25) is 0 Å². The fraction of sp³-hybridized carbons (Fsp3) is 0.727. The highest BCUT2D eigenvalue weighted by Gasteiger charge is 2.22. The van der Waals surface area contributed by atoms with Crippen molar-refractivity contribution in [2.45, 2.75) is 18.9 Å². The van der Waals surface area contributed by atoms with Crippen LogP contribution in [-0.2, 0) is 14.3 Å². The Morgan fingerprint density at radius 1 is 1.42 bits per heavy atom. The minimum Gasteiger partial charge on any atom is -0.480 e. The lowest BCUT2D eigenvalue weighted by molar-refractivity contribution is -0.142. The molecule has 0 aromatic carbocycles. The van der Waals surface area contributed by atoms with Gasteiger partial charge in [-0.1, -0.05) is 0 Å². The standard InChI is InChI=1S/C11H20N2O5S/c1-13(6-7-19-3)11(17)12-8(10(15)16)4-5-9(14)18-2/h8H,4-7H2,1-3H3,(H,12,17)(H,15,16)/t8-/m0/s1. The topological polar surface area (TPSA) is 95.9 Å². The van der Waals surface area contributed by atoms with Crippen molar-refractivity contribution in [3.63, 3.8) is 0 Å². The van der Waals surface area contributed by atoms with Gasteiger partial charge in [-0.25, -0.2) is 9.59 Å². The number of methoxy groups -OCH3 is 1. The number of carboxylic acid groups (broad SMARTS) is 1. The monoisotopic (exact) mass is 292 g/mol. The van der Waals surface area contributed by atoms with Gasteiger partial charge in [-0.15, -0.1) is 0 Å². The Bertz CT molecular complexity index is 324. The van der Waals surface area contributed by atoms with Crippen LogP contribution in [0, 0.1) is 0 Å². The fourth-order valence-corrected chi connectivity index (χ4v) is 1.67. The van der Waals surface area contributed by atoms with Crippen LogP contribution < -0.4 is 5.32 Å². The van der Waals surface area contributed by atoms with Gasteiger partial charge in [0.1, 0.15) is 6.04 Å². The number of nitrogens with one attached hydrogen (secondary N) is 1. The Balaban J connectivity index is 4.29. The number of nitrogens with zero attached hydrogens (tertiary/aromatic N) is 1. The van der Waals surface area contributed by atoms with Crippen LogP contribution in [0.5, 0.6) is 0 Å². The molecule has 0 aliphatic carbocycles. The molecule has 0 saturated heterocycles. The van der Waals surface area contributed by atoms with Crippen molar-refractivity contribution in [3.8, 4) is 0 Å². The van der Waals surface area contributed by atoms with E-state index in [2.05, 4.69) is 10.1 Å². The fourth-order valence-electron chi connectivity index (χ4n) is 1.21. The zero-order valence-electron chi connectivity index (χ0n) is 11.3. The van der Waals surface area contributed by atoms with Gasteiger partial charge in [0.05, 0.1) is 7.11 Å². The van der Waals surface area contributed by atoms with Gasteiger partial charge in [0.15, 0.2) is 0 Å². The Hall–Kier alpha value is -1.44. The highest BCUT2D eigenvalue weighted by molar-refractivity contribution is 7.98. The predicted molar refractivity (Wildman–Crippen MR) is 72.2 cm³/mol. The van der Waals surface area contributed by atoms with Crippen LogP contribution in [0.25, 0.3) is 0 Å². The quantitative estimate of drug-likeness (QED) is 0.629. The molecule has 0 heterocycles. The third-order valence-electron chi connectivity index (χ3n) is 2.44. The summed E-state index contributed by atoms with van der Waals surface area (Å²) in [7, 11) is 2.82. The highest BCUT2D eigenvalue weighted by atomic mass is 32.2. The molecule has 7 nitrogen and oxygen atoms in total. The van der Waals surface area contributed by atoms with E-state index in [0.29, 0.717) is 6.54 Å². The number of rotatable bonds is 8. The first-order valence-electron chi connectivity index (χ1n) is 5.72. The SMILES string of the molecule is COC(=O)CC[C@H](NC(=O)N(C)CCSC)C(=O)O. The Morgan fingerprint density at radius 3 is 2.53 bits per heavy atom. The van der Waals surface area contributed by atoms with Crippen molar-refractivity contribution in [3.05, 3.63) is 0 Å². The zero-order chi connectivity index (χ0) is 14.8. The van der Waals surface area contributed by atoms with Crippen LogP contribution in [0.3, 0.4) is 0 Å². The second-order valence-electron chi connectivity index (χ2n) is 3.87. The average Bonchev–Trinajstić information content (AvgIpc) is 2.39. The Morgan fingerprint density at radius 2 is 2.05 bits per heavy atom. The molecule has 0 spiro atoms. The van der Waals surface area contributed by atoms with Gasteiger partial charge >= 0.3 is 18.0 Å². The summed E-state index contributed by atoms with van der Waals surface area (Å²) in [4.78, 5) is 35.1. The first-order chi connectivity index (χ1) is 8.92. The van der Waals surface area contributed by atoms with E-state index in [1.54, 1.807) is 18.8 Å². The molecule has 8 heteroatoms. The zero-order valence-corrected chi connectivity index (χ0v) is 12.2. The number of hydrogen-bond donors (Lipinski definition) is 2. The second-order valence-corrected chi connectivity index (χ2v) is 4.86. The molecular weight excluding hydrogens is 272 g/mol. The van der Waals surface area contributed by atoms with E-state index < -0.39 is 24.0 Å². The van der Waals surface area contributed by atoms with Crippen molar-refractivity contribution in [1.82, 2.24) is 10.2 Å². The predicted octanol–water partition coefficient (Wildman–Crippen LogP) is 0.397. The van der Waals surface area contributed by atoms with Crippen LogP contribution >= 0.6 is 11.8 Å². The number of carboxylic acids is 1. The van der Waals surface area contributed by atoms with E-state index in [9.17, 15) is 14.4 Å². The minimum atomic E-state index is -1.17. The van der Waals surface area contributed by atoms with Crippen molar-refractivity contribution in [1.29, 1.82) is 0 Å². The van der Waals surface area contributed by atoms with Crippen molar-refractivity contribution in [2.75, 3.05) is 32.7 Å². The maximum Gasteiger partial charge on any atom is 0.326 e. The molecule has 0 rings (SSSR count). The van der Waals surface area contributed by atoms with Gasteiger partial charge in [0.25, 0.3) is 0 Å².